The number of rotatable bonds is 3. The summed E-state index contributed by atoms with van der Waals surface area (Å²) in [7, 11) is 0. The maximum atomic E-state index is 10.7. The van der Waals surface area contributed by atoms with Gasteiger partial charge in [-0.3, -0.25) is 0 Å². The summed E-state index contributed by atoms with van der Waals surface area (Å²) in [5, 5.41) is 10.8. The van der Waals surface area contributed by atoms with Gasteiger partial charge in [-0.05, 0) is 11.5 Å². The van der Waals surface area contributed by atoms with Crippen LogP contribution in [-0.2, 0) is 0 Å². The molecule has 20 heavy (non-hydrogen) atoms. The monoisotopic (exact) mass is 266 g/mol. The fourth-order valence-corrected chi connectivity index (χ4v) is 1.86. The zero-order chi connectivity index (χ0) is 13.9. The molecule has 0 aliphatic carbocycles. The van der Waals surface area contributed by atoms with Gasteiger partial charge in [0.15, 0.2) is 0 Å². The van der Waals surface area contributed by atoms with E-state index in [0.717, 1.165) is 10.8 Å². The first-order valence-electron chi connectivity index (χ1n) is 5.95. The molecule has 0 spiro atoms. The van der Waals surface area contributed by atoms with Crippen LogP contribution in [0.5, 0.6) is 11.8 Å². The quantitative estimate of drug-likeness (QED) is 0.788. The molecule has 3 rings (SSSR count). The number of hydrogen-bond donors (Lipinski definition) is 1. The summed E-state index contributed by atoms with van der Waals surface area (Å²) in [5.41, 5.74) is 0.0234. The Kier molecular flexibility index (Phi) is 3.01. The fourth-order valence-electron chi connectivity index (χ4n) is 1.86. The summed E-state index contributed by atoms with van der Waals surface area (Å²) >= 11 is 0. The van der Waals surface area contributed by atoms with Crippen molar-refractivity contribution in [3.63, 3.8) is 0 Å². The molecule has 1 aromatic heterocycles. The van der Waals surface area contributed by atoms with Crippen LogP contribution in [0.4, 0.5) is 0 Å². The van der Waals surface area contributed by atoms with E-state index in [9.17, 15) is 4.79 Å². The van der Waals surface area contributed by atoms with Crippen LogP contribution >= 0.6 is 0 Å². The van der Waals surface area contributed by atoms with E-state index in [1.807, 2.05) is 42.5 Å². The molecule has 5 nitrogen and oxygen atoms in total. The van der Waals surface area contributed by atoms with Crippen molar-refractivity contribution >= 4 is 16.7 Å². The Morgan fingerprint density at radius 2 is 1.70 bits per heavy atom. The van der Waals surface area contributed by atoms with E-state index in [1.165, 1.54) is 12.4 Å². The van der Waals surface area contributed by atoms with Gasteiger partial charge in [0.05, 0.1) is 5.56 Å². The minimum atomic E-state index is -1.07. The highest BCUT2D eigenvalue weighted by Crippen LogP contribution is 2.27. The van der Waals surface area contributed by atoms with Gasteiger partial charge in [0.25, 0.3) is 0 Å². The number of fused-ring (bicyclic) bond motifs is 1. The van der Waals surface area contributed by atoms with Gasteiger partial charge in [-0.15, -0.1) is 0 Å². The van der Waals surface area contributed by atoms with Crippen molar-refractivity contribution < 1.29 is 14.6 Å². The van der Waals surface area contributed by atoms with Crippen LogP contribution in [0.15, 0.2) is 54.9 Å². The van der Waals surface area contributed by atoms with Gasteiger partial charge >= 0.3 is 12.0 Å². The molecule has 0 bridgehead atoms. The Morgan fingerprint density at radius 1 is 1.00 bits per heavy atom. The third-order valence-electron chi connectivity index (χ3n) is 2.83. The van der Waals surface area contributed by atoms with Gasteiger partial charge in [0, 0.05) is 17.8 Å². The lowest BCUT2D eigenvalue weighted by atomic mass is 10.1. The van der Waals surface area contributed by atoms with Gasteiger partial charge in [-0.2, -0.15) is 0 Å². The molecule has 3 aromatic rings. The lowest BCUT2D eigenvalue weighted by Crippen LogP contribution is -1.99. The summed E-state index contributed by atoms with van der Waals surface area (Å²) in [6.45, 7) is 0. The predicted molar refractivity (Wildman–Crippen MR) is 73.0 cm³/mol. The molecule has 0 fully saturated rings. The van der Waals surface area contributed by atoms with Crippen molar-refractivity contribution in [1.82, 2.24) is 9.97 Å². The molecule has 0 saturated carbocycles. The molecule has 0 unspecified atom stereocenters. The minimum Gasteiger partial charge on any atom is -0.478 e. The largest absolute Gasteiger partial charge is 0.478 e. The highest BCUT2D eigenvalue weighted by molar-refractivity contribution is 5.88. The number of aromatic nitrogens is 2. The van der Waals surface area contributed by atoms with Gasteiger partial charge in [0.1, 0.15) is 5.75 Å². The van der Waals surface area contributed by atoms with Crippen LogP contribution in [0.2, 0.25) is 0 Å². The summed E-state index contributed by atoms with van der Waals surface area (Å²) in [6, 6.07) is 13.6. The highest BCUT2D eigenvalue weighted by atomic mass is 16.5. The molecule has 5 heteroatoms. The van der Waals surface area contributed by atoms with Crippen molar-refractivity contribution in [2.45, 2.75) is 0 Å². The zero-order valence-corrected chi connectivity index (χ0v) is 10.4. The summed E-state index contributed by atoms with van der Waals surface area (Å²) in [4.78, 5) is 18.5. The Hall–Kier alpha value is -2.95. The number of benzene rings is 2. The Labute approximate surface area is 114 Å². The van der Waals surface area contributed by atoms with Crippen LogP contribution in [0.3, 0.4) is 0 Å². The molecule has 0 atom stereocenters. The summed E-state index contributed by atoms with van der Waals surface area (Å²) in [5.74, 6) is -0.437. The van der Waals surface area contributed by atoms with Gasteiger partial charge in [-0.1, -0.05) is 36.4 Å². The van der Waals surface area contributed by atoms with Crippen LogP contribution in [-0.4, -0.2) is 21.0 Å². The van der Waals surface area contributed by atoms with Gasteiger partial charge in [-0.25, -0.2) is 14.8 Å². The van der Waals surface area contributed by atoms with Crippen molar-refractivity contribution in [3.8, 4) is 11.8 Å². The van der Waals surface area contributed by atoms with Crippen LogP contribution < -0.4 is 4.74 Å². The molecular weight excluding hydrogens is 256 g/mol. The molecule has 0 saturated heterocycles. The molecule has 0 amide bonds. The number of aromatic carboxylic acids is 1. The molecule has 0 radical (unpaired) electrons. The highest BCUT2D eigenvalue weighted by Gasteiger charge is 2.07. The number of nitrogens with zero attached hydrogens (tertiary/aromatic N) is 2. The first-order valence-corrected chi connectivity index (χ1v) is 5.95. The maximum Gasteiger partial charge on any atom is 0.338 e. The van der Waals surface area contributed by atoms with E-state index in [0.29, 0.717) is 5.75 Å². The first kappa shape index (κ1) is 12.1. The second-order valence-electron chi connectivity index (χ2n) is 4.14. The van der Waals surface area contributed by atoms with E-state index in [2.05, 4.69) is 9.97 Å². The fraction of sp³-hybridized carbons (Fsp3) is 0. The molecule has 1 heterocycles. The van der Waals surface area contributed by atoms with Gasteiger partial charge < -0.3 is 9.84 Å². The Bertz CT molecular complexity index is 764. The van der Waals surface area contributed by atoms with Gasteiger partial charge in [0.2, 0.25) is 0 Å². The lowest BCUT2D eigenvalue weighted by molar-refractivity contribution is 0.0696. The minimum absolute atomic E-state index is 0.0234. The Balaban J connectivity index is 1.95. The van der Waals surface area contributed by atoms with E-state index < -0.39 is 5.97 Å². The van der Waals surface area contributed by atoms with E-state index >= 15 is 0 Å². The molecule has 98 valence electrons. The van der Waals surface area contributed by atoms with Crippen molar-refractivity contribution in [1.29, 1.82) is 0 Å². The summed E-state index contributed by atoms with van der Waals surface area (Å²) in [6.07, 6.45) is 2.44. The molecular formula is C15H10N2O3. The normalized spacial score (nSPS) is 10.4. The number of carbonyl (C=O) groups is 1. The topological polar surface area (TPSA) is 72.3 Å². The second-order valence-corrected chi connectivity index (χ2v) is 4.14. The predicted octanol–water partition coefficient (Wildman–Crippen LogP) is 3.12. The number of ether oxygens (including phenoxy) is 1. The van der Waals surface area contributed by atoms with E-state index in [4.69, 9.17) is 9.84 Å². The van der Waals surface area contributed by atoms with Crippen LogP contribution in [0.1, 0.15) is 10.4 Å². The maximum absolute atomic E-state index is 10.7. The van der Waals surface area contributed by atoms with Crippen molar-refractivity contribution in [2.24, 2.45) is 0 Å². The molecule has 0 aliphatic rings. The van der Waals surface area contributed by atoms with Crippen molar-refractivity contribution in [2.75, 3.05) is 0 Å². The number of carboxylic acid groups (broad SMARTS) is 1. The first-order chi connectivity index (χ1) is 9.74. The average Bonchev–Trinajstić information content (AvgIpc) is 2.48. The zero-order valence-electron chi connectivity index (χ0n) is 10.4. The van der Waals surface area contributed by atoms with Crippen molar-refractivity contribution in [3.05, 3.63) is 60.4 Å². The smallest absolute Gasteiger partial charge is 0.338 e. The third-order valence-corrected chi connectivity index (χ3v) is 2.83. The molecule has 1 N–H and O–H groups in total. The third kappa shape index (κ3) is 2.29. The SMILES string of the molecule is O=C(O)c1cnc(Oc2cccc3ccccc23)nc1. The Morgan fingerprint density at radius 3 is 2.45 bits per heavy atom. The number of hydrogen-bond acceptors (Lipinski definition) is 4. The molecule has 0 aliphatic heterocycles. The summed E-state index contributed by atoms with van der Waals surface area (Å²) < 4.78 is 5.61. The van der Waals surface area contributed by atoms with E-state index in [1.54, 1.807) is 0 Å². The average molecular weight is 266 g/mol. The number of carboxylic acids is 1. The standard InChI is InChI=1S/C15H10N2O3/c18-14(19)11-8-16-15(17-9-11)20-13-7-3-5-10-4-1-2-6-12(10)13/h1-9H,(H,18,19). The van der Waals surface area contributed by atoms with Crippen LogP contribution in [0, 0.1) is 0 Å². The lowest BCUT2D eigenvalue weighted by Gasteiger charge is -2.07. The second kappa shape index (κ2) is 4.97. The molecule has 2 aromatic carbocycles. The van der Waals surface area contributed by atoms with Crippen LogP contribution in [0.25, 0.3) is 10.8 Å². The van der Waals surface area contributed by atoms with E-state index in [-0.39, 0.29) is 11.6 Å².